The smallest absolute Gasteiger partial charge is 0.239 e. The summed E-state index contributed by atoms with van der Waals surface area (Å²) in [7, 11) is 0. The molecule has 6 heteroatoms. The predicted octanol–water partition coefficient (Wildman–Crippen LogP) is 2.12. The van der Waals surface area contributed by atoms with Crippen molar-refractivity contribution < 1.29 is 9.59 Å². The zero-order chi connectivity index (χ0) is 18.0. The minimum absolute atomic E-state index is 0.00641. The van der Waals surface area contributed by atoms with Crippen molar-refractivity contribution in [2.75, 3.05) is 6.54 Å². The summed E-state index contributed by atoms with van der Waals surface area (Å²) in [6.07, 6.45) is 4.68. The van der Waals surface area contributed by atoms with E-state index >= 15 is 0 Å². The molecular weight excluding hydrogens is 316 g/mol. The standard InChI is InChI=1S/C19H24N4O2/c1-12-7-8-15(9-13(12)2)23-18-6-4-5-17(16(18)10-21-23)22-19(25)11-20-14(3)24/h7-10,17H,4-6,11H2,1-3H3,(H,20,24)(H,22,25). The van der Waals surface area contributed by atoms with Gasteiger partial charge in [0.2, 0.25) is 11.8 Å². The molecule has 0 saturated carbocycles. The number of aryl methyl sites for hydroxylation is 2. The van der Waals surface area contributed by atoms with Gasteiger partial charge < -0.3 is 10.6 Å². The first kappa shape index (κ1) is 17.2. The van der Waals surface area contributed by atoms with Crippen LogP contribution in [-0.2, 0) is 16.0 Å². The van der Waals surface area contributed by atoms with Crippen LogP contribution >= 0.6 is 0 Å². The second kappa shape index (κ2) is 7.09. The van der Waals surface area contributed by atoms with E-state index < -0.39 is 0 Å². The summed E-state index contributed by atoms with van der Waals surface area (Å²) in [5.74, 6) is -0.381. The molecule has 2 N–H and O–H groups in total. The van der Waals surface area contributed by atoms with Crippen LogP contribution in [0.1, 0.15) is 48.2 Å². The van der Waals surface area contributed by atoms with E-state index in [-0.39, 0.29) is 24.4 Å². The molecule has 1 aromatic carbocycles. The molecule has 25 heavy (non-hydrogen) atoms. The topological polar surface area (TPSA) is 76.0 Å². The third kappa shape index (κ3) is 3.73. The lowest BCUT2D eigenvalue weighted by Gasteiger charge is -2.24. The molecule has 2 aromatic rings. The quantitative estimate of drug-likeness (QED) is 0.895. The Morgan fingerprint density at radius 3 is 2.80 bits per heavy atom. The minimum atomic E-state index is -0.206. The number of hydrogen-bond donors (Lipinski definition) is 2. The number of rotatable bonds is 4. The molecule has 0 aliphatic heterocycles. The van der Waals surface area contributed by atoms with Gasteiger partial charge in [0, 0.05) is 18.2 Å². The molecule has 3 rings (SSSR count). The Labute approximate surface area is 147 Å². The van der Waals surface area contributed by atoms with Crippen LogP contribution in [0.4, 0.5) is 0 Å². The lowest BCUT2D eigenvalue weighted by atomic mass is 9.92. The molecule has 1 aliphatic rings. The number of aromatic nitrogens is 2. The first-order valence-electron chi connectivity index (χ1n) is 8.64. The highest BCUT2D eigenvalue weighted by Gasteiger charge is 2.26. The highest BCUT2D eigenvalue weighted by atomic mass is 16.2. The Bertz CT molecular complexity index is 810. The minimum Gasteiger partial charge on any atom is -0.348 e. The summed E-state index contributed by atoms with van der Waals surface area (Å²) in [6.45, 7) is 5.60. The van der Waals surface area contributed by atoms with Crippen molar-refractivity contribution in [3.8, 4) is 5.69 Å². The monoisotopic (exact) mass is 340 g/mol. The first-order chi connectivity index (χ1) is 12.0. The summed E-state index contributed by atoms with van der Waals surface area (Å²) in [6, 6.07) is 6.27. The van der Waals surface area contributed by atoms with E-state index in [2.05, 4.69) is 47.8 Å². The summed E-state index contributed by atoms with van der Waals surface area (Å²) in [5.41, 5.74) is 5.76. The number of nitrogens with one attached hydrogen (secondary N) is 2. The molecule has 1 heterocycles. The zero-order valence-corrected chi connectivity index (χ0v) is 14.9. The molecule has 1 unspecified atom stereocenters. The van der Waals surface area contributed by atoms with Crippen molar-refractivity contribution in [1.82, 2.24) is 20.4 Å². The first-order valence-corrected chi connectivity index (χ1v) is 8.64. The van der Waals surface area contributed by atoms with Gasteiger partial charge in [-0.3, -0.25) is 9.59 Å². The van der Waals surface area contributed by atoms with Gasteiger partial charge >= 0.3 is 0 Å². The SMILES string of the molecule is CC(=O)NCC(=O)NC1CCCc2c1cnn2-c1ccc(C)c(C)c1. The van der Waals surface area contributed by atoms with Crippen molar-refractivity contribution in [3.05, 3.63) is 46.8 Å². The van der Waals surface area contributed by atoms with E-state index in [9.17, 15) is 9.59 Å². The lowest BCUT2D eigenvalue weighted by molar-refractivity contribution is -0.125. The van der Waals surface area contributed by atoms with E-state index in [1.54, 1.807) is 0 Å². The van der Waals surface area contributed by atoms with Crippen LogP contribution in [0.3, 0.4) is 0 Å². The van der Waals surface area contributed by atoms with Crippen LogP contribution in [-0.4, -0.2) is 28.1 Å². The largest absolute Gasteiger partial charge is 0.348 e. The van der Waals surface area contributed by atoms with Crippen LogP contribution in [0.25, 0.3) is 5.69 Å². The fraction of sp³-hybridized carbons (Fsp3) is 0.421. The molecule has 0 radical (unpaired) electrons. The van der Waals surface area contributed by atoms with E-state index in [1.165, 1.54) is 18.1 Å². The van der Waals surface area contributed by atoms with Gasteiger partial charge in [0.1, 0.15) is 0 Å². The third-order valence-corrected chi connectivity index (χ3v) is 4.75. The van der Waals surface area contributed by atoms with Crippen molar-refractivity contribution in [2.24, 2.45) is 0 Å². The van der Waals surface area contributed by atoms with Crippen LogP contribution in [0, 0.1) is 13.8 Å². The Morgan fingerprint density at radius 1 is 1.28 bits per heavy atom. The van der Waals surface area contributed by atoms with Crippen molar-refractivity contribution >= 4 is 11.8 Å². The Balaban J connectivity index is 1.81. The van der Waals surface area contributed by atoms with Crippen molar-refractivity contribution in [1.29, 1.82) is 0 Å². The second-order valence-corrected chi connectivity index (χ2v) is 6.65. The van der Waals surface area contributed by atoms with Crippen molar-refractivity contribution in [3.63, 3.8) is 0 Å². The fourth-order valence-corrected chi connectivity index (χ4v) is 3.24. The van der Waals surface area contributed by atoms with Gasteiger partial charge in [-0.05, 0) is 56.4 Å². The number of hydrogen-bond acceptors (Lipinski definition) is 3. The summed E-state index contributed by atoms with van der Waals surface area (Å²) in [5, 5.41) is 10.1. The summed E-state index contributed by atoms with van der Waals surface area (Å²) in [4.78, 5) is 23.0. The number of fused-ring (bicyclic) bond motifs is 1. The molecule has 1 atom stereocenters. The molecule has 0 bridgehead atoms. The number of amides is 2. The maximum absolute atomic E-state index is 12.0. The normalized spacial score (nSPS) is 16.2. The van der Waals surface area contributed by atoms with Gasteiger partial charge in [-0.2, -0.15) is 5.10 Å². The number of carbonyl (C=O) groups is 2. The average Bonchev–Trinajstić information content (AvgIpc) is 3.01. The summed E-state index contributed by atoms with van der Waals surface area (Å²) >= 11 is 0. The van der Waals surface area contributed by atoms with E-state index in [1.807, 2.05) is 10.9 Å². The van der Waals surface area contributed by atoms with Crippen LogP contribution in [0.5, 0.6) is 0 Å². The van der Waals surface area contributed by atoms with Gasteiger partial charge in [-0.15, -0.1) is 0 Å². The Kier molecular flexibility index (Phi) is 4.88. The molecule has 1 aromatic heterocycles. The maximum atomic E-state index is 12.0. The average molecular weight is 340 g/mol. The predicted molar refractivity (Wildman–Crippen MR) is 95.5 cm³/mol. The molecule has 0 fully saturated rings. The molecule has 6 nitrogen and oxygen atoms in total. The Hall–Kier alpha value is -2.63. The van der Waals surface area contributed by atoms with Gasteiger partial charge in [0.25, 0.3) is 0 Å². The van der Waals surface area contributed by atoms with E-state index in [4.69, 9.17) is 0 Å². The van der Waals surface area contributed by atoms with Crippen LogP contribution in [0.15, 0.2) is 24.4 Å². The molecular formula is C19H24N4O2. The molecule has 132 valence electrons. The molecule has 1 aliphatic carbocycles. The molecule has 2 amide bonds. The maximum Gasteiger partial charge on any atom is 0.239 e. The van der Waals surface area contributed by atoms with Gasteiger partial charge in [-0.1, -0.05) is 6.07 Å². The highest BCUT2D eigenvalue weighted by Crippen LogP contribution is 2.31. The highest BCUT2D eigenvalue weighted by molar-refractivity contribution is 5.83. The van der Waals surface area contributed by atoms with Gasteiger partial charge in [-0.25, -0.2) is 4.68 Å². The summed E-state index contributed by atoms with van der Waals surface area (Å²) < 4.78 is 1.98. The Morgan fingerprint density at radius 2 is 2.08 bits per heavy atom. The molecule has 0 spiro atoms. The number of nitrogens with zero attached hydrogens (tertiary/aromatic N) is 2. The fourth-order valence-electron chi connectivity index (χ4n) is 3.24. The lowest BCUT2D eigenvalue weighted by Crippen LogP contribution is -2.38. The van der Waals surface area contributed by atoms with Crippen LogP contribution in [0.2, 0.25) is 0 Å². The van der Waals surface area contributed by atoms with Crippen LogP contribution < -0.4 is 10.6 Å². The zero-order valence-electron chi connectivity index (χ0n) is 14.9. The van der Waals surface area contributed by atoms with Crippen molar-refractivity contribution in [2.45, 2.75) is 46.1 Å². The number of carbonyl (C=O) groups excluding carboxylic acids is 2. The van der Waals surface area contributed by atoms with E-state index in [0.717, 1.165) is 36.2 Å². The second-order valence-electron chi connectivity index (χ2n) is 6.65. The van der Waals surface area contributed by atoms with E-state index in [0.29, 0.717) is 0 Å². The number of benzene rings is 1. The third-order valence-electron chi connectivity index (χ3n) is 4.75. The van der Waals surface area contributed by atoms with Gasteiger partial charge in [0.05, 0.1) is 24.5 Å². The van der Waals surface area contributed by atoms with Gasteiger partial charge in [0.15, 0.2) is 0 Å². The molecule has 0 saturated heterocycles.